The lowest BCUT2D eigenvalue weighted by Gasteiger charge is -2.01. The third-order valence-corrected chi connectivity index (χ3v) is 3.23. The molecule has 0 aliphatic heterocycles. The molecule has 0 amide bonds. The molecular weight excluding hydrogens is 254 g/mol. The van der Waals surface area contributed by atoms with E-state index in [0.29, 0.717) is 16.1 Å². The molecule has 0 saturated carbocycles. The predicted octanol–water partition coefficient (Wildman–Crippen LogP) is 3.69. The number of aromatic nitrogens is 1. The van der Waals surface area contributed by atoms with Crippen LogP contribution < -0.4 is 0 Å². The largest absolute Gasteiger partial charge is 0.289 e. The minimum atomic E-state index is -0.0400. The molecule has 17 heavy (non-hydrogen) atoms. The van der Waals surface area contributed by atoms with Crippen LogP contribution in [0.2, 0.25) is 5.02 Å². The minimum Gasteiger partial charge on any atom is -0.289 e. The highest BCUT2D eigenvalue weighted by molar-refractivity contribution is 7.98. The summed E-state index contributed by atoms with van der Waals surface area (Å²) in [6.45, 7) is 0. The summed E-state index contributed by atoms with van der Waals surface area (Å²) < 4.78 is 0. The van der Waals surface area contributed by atoms with Crippen molar-refractivity contribution < 1.29 is 4.79 Å². The topological polar surface area (TPSA) is 30.0 Å². The molecule has 86 valence electrons. The summed E-state index contributed by atoms with van der Waals surface area (Å²) in [7, 11) is 0. The first-order valence-electron chi connectivity index (χ1n) is 5.01. The van der Waals surface area contributed by atoms with Crippen LogP contribution in [-0.4, -0.2) is 17.0 Å². The van der Waals surface area contributed by atoms with Crippen molar-refractivity contribution in [1.82, 2.24) is 4.98 Å². The zero-order chi connectivity index (χ0) is 12.3. The zero-order valence-electron chi connectivity index (χ0n) is 9.18. The van der Waals surface area contributed by atoms with Crippen LogP contribution in [0, 0.1) is 0 Å². The van der Waals surface area contributed by atoms with Gasteiger partial charge in [0.25, 0.3) is 0 Å². The van der Waals surface area contributed by atoms with Gasteiger partial charge < -0.3 is 0 Å². The Bertz CT molecular complexity index is 522. The molecule has 1 heterocycles. The molecule has 0 N–H and O–H groups in total. The maximum atomic E-state index is 12.1. The van der Waals surface area contributed by atoms with Crippen LogP contribution in [0.3, 0.4) is 0 Å². The fraction of sp³-hybridized carbons (Fsp3) is 0.0769. The Balaban J connectivity index is 2.27. The van der Waals surface area contributed by atoms with Crippen molar-refractivity contribution >= 4 is 29.1 Å². The molecule has 0 spiro atoms. The van der Waals surface area contributed by atoms with E-state index in [1.54, 1.807) is 48.3 Å². The van der Waals surface area contributed by atoms with Gasteiger partial charge in [0.1, 0.15) is 0 Å². The number of halogens is 1. The van der Waals surface area contributed by atoms with E-state index in [9.17, 15) is 4.79 Å². The number of hydrogen-bond acceptors (Lipinski definition) is 3. The van der Waals surface area contributed by atoms with E-state index in [1.165, 1.54) is 0 Å². The summed E-state index contributed by atoms with van der Waals surface area (Å²) in [4.78, 5) is 16.2. The van der Waals surface area contributed by atoms with E-state index >= 15 is 0 Å². The number of pyridine rings is 1. The average Bonchev–Trinajstić information content (AvgIpc) is 2.39. The number of rotatable bonds is 3. The van der Waals surface area contributed by atoms with Crippen molar-refractivity contribution in [2.45, 2.75) is 5.03 Å². The van der Waals surface area contributed by atoms with E-state index in [0.717, 1.165) is 5.03 Å². The van der Waals surface area contributed by atoms with Gasteiger partial charge in [-0.05, 0) is 42.7 Å². The highest BCUT2D eigenvalue weighted by Crippen LogP contribution is 2.15. The van der Waals surface area contributed by atoms with Crippen LogP contribution in [0.4, 0.5) is 0 Å². The van der Waals surface area contributed by atoms with Crippen molar-refractivity contribution in [3.8, 4) is 0 Å². The second kappa shape index (κ2) is 5.34. The second-order valence-electron chi connectivity index (χ2n) is 3.43. The number of thioether (sulfide) groups is 1. The van der Waals surface area contributed by atoms with Crippen molar-refractivity contribution in [3.63, 3.8) is 0 Å². The minimum absolute atomic E-state index is 0.0400. The van der Waals surface area contributed by atoms with Crippen molar-refractivity contribution in [2.75, 3.05) is 6.26 Å². The van der Waals surface area contributed by atoms with Crippen LogP contribution in [-0.2, 0) is 0 Å². The van der Waals surface area contributed by atoms with Gasteiger partial charge in [-0.25, -0.2) is 4.98 Å². The van der Waals surface area contributed by atoms with Crippen LogP contribution in [0.1, 0.15) is 15.9 Å². The SMILES string of the molecule is CSc1ccc(C(=O)c2ccc(Cl)cc2)cn1. The Labute approximate surface area is 109 Å². The normalized spacial score (nSPS) is 10.2. The summed E-state index contributed by atoms with van der Waals surface area (Å²) >= 11 is 7.32. The zero-order valence-corrected chi connectivity index (χ0v) is 10.8. The first-order valence-corrected chi connectivity index (χ1v) is 6.61. The summed E-state index contributed by atoms with van der Waals surface area (Å²) in [5, 5.41) is 1.52. The lowest BCUT2D eigenvalue weighted by atomic mass is 10.1. The molecule has 1 aromatic carbocycles. The monoisotopic (exact) mass is 263 g/mol. The van der Waals surface area contributed by atoms with Gasteiger partial charge >= 0.3 is 0 Å². The first kappa shape index (κ1) is 12.1. The number of carbonyl (C=O) groups is 1. The van der Waals surface area contributed by atoms with Gasteiger partial charge in [0.05, 0.1) is 5.03 Å². The molecule has 0 radical (unpaired) electrons. The molecule has 2 aromatic rings. The average molecular weight is 264 g/mol. The van der Waals surface area contributed by atoms with Crippen molar-refractivity contribution in [2.24, 2.45) is 0 Å². The molecular formula is C13H10ClNOS. The fourth-order valence-corrected chi connectivity index (χ4v) is 1.89. The van der Waals surface area contributed by atoms with Crippen LogP contribution >= 0.6 is 23.4 Å². The summed E-state index contributed by atoms with van der Waals surface area (Å²) in [5.74, 6) is -0.0400. The van der Waals surface area contributed by atoms with Gasteiger partial charge in [-0.1, -0.05) is 11.6 Å². The van der Waals surface area contributed by atoms with Crippen LogP contribution in [0.5, 0.6) is 0 Å². The molecule has 0 unspecified atom stereocenters. The van der Waals surface area contributed by atoms with E-state index in [1.807, 2.05) is 12.3 Å². The van der Waals surface area contributed by atoms with Gasteiger partial charge in [-0.15, -0.1) is 11.8 Å². The molecule has 1 aromatic heterocycles. The molecule has 0 aliphatic rings. The highest BCUT2D eigenvalue weighted by Gasteiger charge is 2.09. The van der Waals surface area contributed by atoms with Gasteiger partial charge in [-0.3, -0.25) is 4.79 Å². The van der Waals surface area contributed by atoms with E-state index in [-0.39, 0.29) is 5.78 Å². The Hall–Kier alpha value is -1.32. The molecule has 4 heteroatoms. The lowest BCUT2D eigenvalue weighted by molar-refractivity contribution is 0.103. The quantitative estimate of drug-likeness (QED) is 0.625. The first-order chi connectivity index (χ1) is 8.20. The standard InChI is InChI=1S/C13H10ClNOS/c1-17-12-7-4-10(8-15-12)13(16)9-2-5-11(14)6-3-9/h2-8H,1H3. The highest BCUT2D eigenvalue weighted by atomic mass is 35.5. The van der Waals surface area contributed by atoms with Crippen molar-refractivity contribution in [1.29, 1.82) is 0 Å². The third kappa shape index (κ3) is 2.87. The van der Waals surface area contributed by atoms with Crippen LogP contribution in [0.25, 0.3) is 0 Å². The number of ketones is 1. The van der Waals surface area contributed by atoms with Gasteiger partial charge in [0.2, 0.25) is 0 Å². The second-order valence-corrected chi connectivity index (χ2v) is 4.69. The third-order valence-electron chi connectivity index (χ3n) is 2.31. The Morgan fingerprint density at radius 2 is 1.76 bits per heavy atom. The molecule has 0 bridgehead atoms. The van der Waals surface area contributed by atoms with E-state index in [4.69, 9.17) is 11.6 Å². The Kier molecular flexibility index (Phi) is 3.82. The summed E-state index contributed by atoms with van der Waals surface area (Å²) in [6.07, 6.45) is 3.55. The van der Waals surface area contributed by atoms with Crippen LogP contribution in [0.15, 0.2) is 47.6 Å². The van der Waals surface area contributed by atoms with Crippen molar-refractivity contribution in [3.05, 3.63) is 58.7 Å². The Morgan fingerprint density at radius 1 is 1.12 bits per heavy atom. The summed E-state index contributed by atoms with van der Waals surface area (Å²) in [6, 6.07) is 10.5. The smallest absolute Gasteiger partial charge is 0.194 e. The lowest BCUT2D eigenvalue weighted by Crippen LogP contribution is -2.01. The molecule has 2 nitrogen and oxygen atoms in total. The van der Waals surface area contributed by atoms with E-state index in [2.05, 4.69) is 4.98 Å². The maximum Gasteiger partial charge on any atom is 0.194 e. The Morgan fingerprint density at radius 3 is 2.29 bits per heavy atom. The summed E-state index contributed by atoms with van der Waals surface area (Å²) in [5.41, 5.74) is 1.21. The van der Waals surface area contributed by atoms with Gasteiger partial charge in [0.15, 0.2) is 5.78 Å². The number of hydrogen-bond donors (Lipinski definition) is 0. The molecule has 0 atom stereocenters. The van der Waals surface area contributed by atoms with E-state index < -0.39 is 0 Å². The predicted molar refractivity (Wildman–Crippen MR) is 70.9 cm³/mol. The number of benzene rings is 1. The molecule has 0 saturated heterocycles. The molecule has 0 aliphatic carbocycles. The molecule has 0 fully saturated rings. The van der Waals surface area contributed by atoms with Gasteiger partial charge in [-0.2, -0.15) is 0 Å². The van der Waals surface area contributed by atoms with Gasteiger partial charge in [0, 0.05) is 22.3 Å². The molecule has 2 rings (SSSR count). The number of nitrogens with zero attached hydrogens (tertiary/aromatic N) is 1. The number of carbonyl (C=O) groups excluding carboxylic acids is 1. The maximum absolute atomic E-state index is 12.1. The fourth-order valence-electron chi connectivity index (χ4n) is 1.40.